The van der Waals surface area contributed by atoms with Crippen molar-refractivity contribution < 1.29 is 80.2 Å². The summed E-state index contributed by atoms with van der Waals surface area (Å²) in [4.78, 5) is 72.5. The smallest absolute Gasteiger partial charge is 0.462 e. The first-order chi connectivity index (χ1) is 45.8. The minimum absolute atomic E-state index is 0.105. The number of ether oxygens (including phenoxy) is 4. The Morgan fingerprint density at radius 1 is 0.295 bits per heavy atom. The molecule has 0 aromatic carbocycles. The minimum Gasteiger partial charge on any atom is -0.462 e. The second kappa shape index (κ2) is 66.6. The maximum Gasteiger partial charge on any atom is 0.472 e. The Hall–Kier alpha value is -1.94. The van der Waals surface area contributed by atoms with Gasteiger partial charge in [0.05, 0.1) is 26.4 Å². The Labute approximate surface area is 581 Å². The van der Waals surface area contributed by atoms with Crippen LogP contribution < -0.4 is 0 Å². The number of aliphatic hydroxyl groups excluding tert-OH is 1. The first-order valence-corrected chi connectivity index (χ1v) is 42.5. The lowest BCUT2D eigenvalue weighted by Crippen LogP contribution is -2.30. The van der Waals surface area contributed by atoms with Crippen LogP contribution in [0.25, 0.3) is 0 Å². The molecule has 19 heteroatoms. The van der Waals surface area contributed by atoms with Gasteiger partial charge in [-0.25, -0.2) is 9.13 Å². The summed E-state index contributed by atoms with van der Waals surface area (Å²) in [5.41, 5.74) is 0. The van der Waals surface area contributed by atoms with E-state index < -0.39 is 97.5 Å². The Kier molecular flexibility index (Phi) is 65.2. The fraction of sp³-hybridized carbons (Fsp3) is 0.947. The number of phosphoric acid groups is 2. The highest BCUT2D eigenvalue weighted by atomic mass is 31.2. The van der Waals surface area contributed by atoms with Crippen LogP contribution >= 0.6 is 15.6 Å². The highest BCUT2D eigenvalue weighted by molar-refractivity contribution is 7.47. The quantitative estimate of drug-likeness (QED) is 0.0222. The second-order valence-electron chi connectivity index (χ2n) is 28.1. The summed E-state index contributed by atoms with van der Waals surface area (Å²) in [6.07, 6.45) is 52.9. The lowest BCUT2D eigenvalue weighted by atomic mass is 9.99. The molecule has 0 radical (unpaired) electrons. The van der Waals surface area contributed by atoms with Gasteiger partial charge in [0.25, 0.3) is 0 Å². The molecule has 0 aromatic heterocycles. The highest BCUT2D eigenvalue weighted by Crippen LogP contribution is 2.45. The van der Waals surface area contributed by atoms with Crippen molar-refractivity contribution in [3.05, 3.63) is 0 Å². The van der Waals surface area contributed by atoms with E-state index >= 15 is 0 Å². The van der Waals surface area contributed by atoms with Crippen molar-refractivity contribution in [2.45, 2.75) is 407 Å². The van der Waals surface area contributed by atoms with Gasteiger partial charge in [0.1, 0.15) is 19.3 Å². The van der Waals surface area contributed by atoms with Gasteiger partial charge in [0.15, 0.2) is 12.2 Å². The molecule has 0 aromatic rings. The zero-order valence-corrected chi connectivity index (χ0v) is 63.9. The van der Waals surface area contributed by atoms with E-state index in [-0.39, 0.29) is 25.7 Å². The van der Waals surface area contributed by atoms with E-state index in [4.69, 9.17) is 37.0 Å². The fourth-order valence-electron chi connectivity index (χ4n) is 11.5. The minimum atomic E-state index is -4.96. The SMILES string of the molecule is CCCCCCCC(=O)OC[C@H](COP(=O)(O)OC[C@H](O)COP(=O)(O)OC[C@@H](COC(=O)CCCCCCCCCCCCCCCCC(C)CC)OC(=O)CCCCCCCCCCCCCCCCC(C)CC)OC(=O)CCCCCCCCCCCCC(C)CC. The summed E-state index contributed by atoms with van der Waals surface area (Å²) in [7, 11) is -9.90. The molecular weight excluding hydrogens is 1250 g/mol. The largest absolute Gasteiger partial charge is 0.472 e. The molecule has 8 atom stereocenters. The van der Waals surface area contributed by atoms with E-state index in [1.807, 2.05) is 0 Å². The molecule has 0 aliphatic rings. The third-order valence-electron chi connectivity index (χ3n) is 18.7. The van der Waals surface area contributed by atoms with Crippen LogP contribution in [0.2, 0.25) is 0 Å². The molecule has 0 aliphatic heterocycles. The van der Waals surface area contributed by atoms with Crippen LogP contribution in [-0.2, 0) is 65.4 Å². The van der Waals surface area contributed by atoms with Gasteiger partial charge in [0, 0.05) is 25.7 Å². The van der Waals surface area contributed by atoms with Crippen molar-refractivity contribution in [3.63, 3.8) is 0 Å². The van der Waals surface area contributed by atoms with E-state index in [1.165, 1.54) is 193 Å². The molecule has 0 fully saturated rings. The summed E-state index contributed by atoms with van der Waals surface area (Å²) >= 11 is 0. The number of hydrogen-bond donors (Lipinski definition) is 3. The Morgan fingerprint density at radius 2 is 0.505 bits per heavy atom. The van der Waals surface area contributed by atoms with Crippen molar-refractivity contribution in [2.24, 2.45) is 17.8 Å². The normalized spacial score (nSPS) is 14.9. The molecule has 0 spiro atoms. The first kappa shape index (κ1) is 93.1. The van der Waals surface area contributed by atoms with Crippen molar-refractivity contribution in [1.82, 2.24) is 0 Å². The van der Waals surface area contributed by atoms with Crippen molar-refractivity contribution in [3.8, 4) is 0 Å². The van der Waals surface area contributed by atoms with Crippen molar-refractivity contribution in [1.29, 1.82) is 0 Å². The predicted octanol–water partition coefficient (Wildman–Crippen LogP) is 22.2. The van der Waals surface area contributed by atoms with Crippen LogP contribution in [0.3, 0.4) is 0 Å². The zero-order valence-electron chi connectivity index (χ0n) is 62.1. The highest BCUT2D eigenvalue weighted by Gasteiger charge is 2.30. The Balaban J connectivity index is 5.16. The van der Waals surface area contributed by atoms with Gasteiger partial charge in [-0.15, -0.1) is 0 Å². The molecule has 0 aliphatic carbocycles. The molecular formula is C76H148O17P2. The van der Waals surface area contributed by atoms with Gasteiger partial charge in [-0.2, -0.15) is 0 Å². The molecule has 0 rings (SSSR count). The number of rotatable bonds is 74. The number of carbonyl (C=O) groups excluding carboxylic acids is 4. The van der Waals surface area contributed by atoms with Gasteiger partial charge >= 0.3 is 39.5 Å². The van der Waals surface area contributed by atoms with Gasteiger partial charge in [-0.05, 0) is 43.4 Å². The van der Waals surface area contributed by atoms with E-state index in [9.17, 15) is 43.2 Å². The summed E-state index contributed by atoms with van der Waals surface area (Å²) < 4.78 is 68.3. The molecule has 0 amide bonds. The average Bonchev–Trinajstić information content (AvgIpc) is 1.57. The maximum atomic E-state index is 13.1. The zero-order chi connectivity index (χ0) is 70.1. The average molecular weight is 1400 g/mol. The summed E-state index contributed by atoms with van der Waals surface area (Å²) in [6.45, 7) is 11.9. The maximum absolute atomic E-state index is 13.1. The van der Waals surface area contributed by atoms with E-state index in [2.05, 4.69) is 48.5 Å². The van der Waals surface area contributed by atoms with Gasteiger partial charge < -0.3 is 33.8 Å². The van der Waals surface area contributed by atoms with Crippen LogP contribution in [0.5, 0.6) is 0 Å². The molecule has 0 saturated carbocycles. The Morgan fingerprint density at radius 3 is 0.747 bits per heavy atom. The van der Waals surface area contributed by atoms with Gasteiger partial charge in [-0.1, -0.05) is 337 Å². The van der Waals surface area contributed by atoms with Crippen molar-refractivity contribution in [2.75, 3.05) is 39.6 Å². The third kappa shape index (κ3) is 66.4. The number of phosphoric ester groups is 2. The predicted molar refractivity (Wildman–Crippen MR) is 386 cm³/mol. The summed E-state index contributed by atoms with van der Waals surface area (Å²) in [5, 5.41) is 10.6. The van der Waals surface area contributed by atoms with Gasteiger partial charge in [-0.3, -0.25) is 37.3 Å². The topological polar surface area (TPSA) is 237 Å². The summed E-state index contributed by atoms with van der Waals surface area (Å²) in [6, 6.07) is 0. The lowest BCUT2D eigenvalue weighted by Gasteiger charge is -2.21. The lowest BCUT2D eigenvalue weighted by molar-refractivity contribution is -0.161. The number of esters is 4. The van der Waals surface area contributed by atoms with E-state index in [1.54, 1.807) is 0 Å². The van der Waals surface area contributed by atoms with Crippen LogP contribution in [0, 0.1) is 17.8 Å². The fourth-order valence-corrected chi connectivity index (χ4v) is 13.1. The Bertz CT molecular complexity index is 1860. The molecule has 95 heavy (non-hydrogen) atoms. The molecule has 564 valence electrons. The monoisotopic (exact) mass is 1400 g/mol. The van der Waals surface area contributed by atoms with Crippen LogP contribution in [-0.4, -0.2) is 96.7 Å². The van der Waals surface area contributed by atoms with Gasteiger partial charge in [0.2, 0.25) is 0 Å². The van der Waals surface area contributed by atoms with Crippen molar-refractivity contribution >= 4 is 39.5 Å². The molecule has 0 heterocycles. The molecule has 3 N–H and O–H groups in total. The standard InChI is InChI=1S/C76H148O17P2/c1-8-12-13-40-50-57-73(78)86-63-71(92-75(80)60-53-46-39-33-27-26-30-36-43-49-56-69(7)11-4)65-90-94(82,83)88-61-70(77)62-89-95(84,85)91-66-72(93-76(81)59-52-45-38-32-25-21-17-15-19-23-29-35-42-48-55-68(6)10-3)64-87-74(79)58-51-44-37-31-24-20-16-14-18-22-28-34-41-47-54-67(5)9-2/h67-72,77H,8-66H2,1-7H3,(H,82,83)(H,84,85)/t67?,68?,69?,70-,71+,72+/m0/s1. The van der Waals surface area contributed by atoms with Crippen LogP contribution in [0.4, 0.5) is 0 Å². The molecule has 17 nitrogen and oxygen atoms in total. The number of unbranched alkanes of at least 4 members (excludes halogenated alkanes) is 39. The van der Waals surface area contributed by atoms with Crippen LogP contribution in [0.1, 0.15) is 389 Å². The molecule has 0 saturated heterocycles. The third-order valence-corrected chi connectivity index (χ3v) is 20.6. The number of carbonyl (C=O) groups is 4. The van der Waals surface area contributed by atoms with E-state index in [0.29, 0.717) is 25.7 Å². The number of aliphatic hydroxyl groups is 1. The first-order valence-electron chi connectivity index (χ1n) is 39.5. The molecule has 0 bridgehead atoms. The van der Waals surface area contributed by atoms with Crippen LogP contribution in [0.15, 0.2) is 0 Å². The number of hydrogen-bond acceptors (Lipinski definition) is 15. The molecule has 5 unspecified atom stereocenters. The van der Waals surface area contributed by atoms with E-state index in [0.717, 1.165) is 114 Å². The second-order valence-corrected chi connectivity index (χ2v) is 31.0. The summed E-state index contributed by atoms with van der Waals surface area (Å²) in [5.74, 6) is 0.371.